The summed E-state index contributed by atoms with van der Waals surface area (Å²) in [5.41, 5.74) is 4.43. The number of pyridine rings is 1. The molecule has 0 bridgehead atoms. The van der Waals surface area contributed by atoms with Crippen LogP contribution in [0.15, 0.2) is 71.5 Å². The Hall–Kier alpha value is -3.08. The summed E-state index contributed by atoms with van der Waals surface area (Å²) >= 11 is 5.99. The molecule has 0 radical (unpaired) electrons. The van der Waals surface area contributed by atoms with Crippen LogP contribution in [0.4, 0.5) is 0 Å². The lowest BCUT2D eigenvalue weighted by Gasteiger charge is -2.10. The van der Waals surface area contributed by atoms with Crippen molar-refractivity contribution >= 4 is 22.5 Å². The van der Waals surface area contributed by atoms with Gasteiger partial charge in [0.15, 0.2) is 0 Å². The van der Waals surface area contributed by atoms with E-state index in [0.717, 1.165) is 23.1 Å². The van der Waals surface area contributed by atoms with Gasteiger partial charge in [0.05, 0.1) is 17.7 Å². The first-order chi connectivity index (χ1) is 14.0. The average molecular weight is 406 g/mol. The molecule has 0 atom stereocenters. The minimum absolute atomic E-state index is 0.0403. The van der Waals surface area contributed by atoms with Crippen LogP contribution in [0.25, 0.3) is 22.0 Å². The monoisotopic (exact) mass is 405 g/mol. The number of rotatable bonds is 5. The number of aromatic amines is 1. The number of nitrogens with one attached hydrogen (secondary N) is 1. The number of methoxy groups -OCH3 is 1. The summed E-state index contributed by atoms with van der Waals surface area (Å²) in [5.74, 6) is -0.0403. The lowest BCUT2D eigenvalue weighted by Crippen LogP contribution is -2.09. The first-order valence-corrected chi connectivity index (χ1v) is 9.63. The Balaban J connectivity index is 1.70. The minimum Gasteiger partial charge on any atom is -0.506 e. The number of ether oxygens (including phenoxy) is 1. The molecule has 0 saturated carbocycles. The molecule has 2 N–H and O–H groups in total. The van der Waals surface area contributed by atoms with Crippen LogP contribution in [0.2, 0.25) is 5.02 Å². The molecule has 0 fully saturated rings. The Labute approximate surface area is 173 Å². The van der Waals surface area contributed by atoms with Crippen molar-refractivity contribution in [3.8, 4) is 16.9 Å². The summed E-state index contributed by atoms with van der Waals surface area (Å²) in [5, 5.41) is 11.8. The predicted octanol–water partition coefficient (Wildman–Crippen LogP) is 5.29. The van der Waals surface area contributed by atoms with Crippen molar-refractivity contribution in [1.82, 2.24) is 4.98 Å². The summed E-state index contributed by atoms with van der Waals surface area (Å²) in [6.45, 7) is 0.588. The molecule has 0 aliphatic heterocycles. The van der Waals surface area contributed by atoms with Gasteiger partial charge < -0.3 is 14.8 Å². The summed E-state index contributed by atoms with van der Waals surface area (Å²) in [4.78, 5) is 15.5. The van der Waals surface area contributed by atoms with E-state index in [4.69, 9.17) is 16.3 Å². The van der Waals surface area contributed by atoms with Crippen molar-refractivity contribution in [1.29, 1.82) is 0 Å². The zero-order chi connectivity index (χ0) is 20.4. The number of hydrogen-bond donors (Lipinski definition) is 2. The van der Waals surface area contributed by atoms with E-state index < -0.39 is 0 Å². The van der Waals surface area contributed by atoms with E-state index in [1.54, 1.807) is 25.3 Å². The molecule has 3 aromatic carbocycles. The van der Waals surface area contributed by atoms with E-state index in [1.807, 2.05) is 36.4 Å². The van der Waals surface area contributed by atoms with Crippen molar-refractivity contribution in [2.45, 2.75) is 13.0 Å². The van der Waals surface area contributed by atoms with Crippen LogP contribution in [-0.4, -0.2) is 17.2 Å². The molecule has 0 aliphatic carbocycles. The van der Waals surface area contributed by atoms with E-state index >= 15 is 0 Å². The average Bonchev–Trinajstić information content (AvgIpc) is 2.70. The molecule has 0 aliphatic rings. The van der Waals surface area contributed by atoms with Gasteiger partial charge in [-0.15, -0.1) is 0 Å². The number of aromatic hydroxyl groups is 1. The van der Waals surface area contributed by atoms with Gasteiger partial charge in [-0.25, -0.2) is 0 Å². The Bertz CT molecular complexity index is 1230. The van der Waals surface area contributed by atoms with Crippen molar-refractivity contribution < 1.29 is 9.84 Å². The summed E-state index contributed by atoms with van der Waals surface area (Å²) < 4.78 is 5.15. The Morgan fingerprint density at radius 1 is 0.966 bits per heavy atom. The summed E-state index contributed by atoms with van der Waals surface area (Å²) in [6.07, 6.45) is 0.725. The molecule has 5 heteroatoms. The Morgan fingerprint density at radius 3 is 2.48 bits per heavy atom. The number of hydrogen-bond acceptors (Lipinski definition) is 3. The molecule has 0 saturated heterocycles. The molecule has 1 aromatic heterocycles. The van der Waals surface area contributed by atoms with E-state index in [2.05, 4.69) is 17.1 Å². The number of halogens is 1. The van der Waals surface area contributed by atoms with Crippen LogP contribution in [-0.2, 0) is 17.8 Å². The SMILES string of the molecule is COCc1ccc(Cc2cccc(-c3c(O)c4ccc(Cl)cc4[nH]c3=O)c2)cc1. The van der Waals surface area contributed by atoms with Gasteiger partial charge in [0.1, 0.15) is 5.75 Å². The molecular formula is C24H20ClNO3. The highest BCUT2D eigenvalue weighted by Crippen LogP contribution is 2.33. The van der Waals surface area contributed by atoms with Crippen molar-refractivity contribution in [2.24, 2.45) is 0 Å². The molecule has 4 aromatic rings. The zero-order valence-electron chi connectivity index (χ0n) is 15.9. The van der Waals surface area contributed by atoms with E-state index in [9.17, 15) is 9.90 Å². The third kappa shape index (κ3) is 4.04. The second-order valence-corrected chi connectivity index (χ2v) is 7.43. The fraction of sp³-hybridized carbons (Fsp3) is 0.125. The Kier molecular flexibility index (Phi) is 5.38. The lowest BCUT2D eigenvalue weighted by molar-refractivity contribution is 0.185. The second kappa shape index (κ2) is 8.11. The fourth-order valence-corrected chi connectivity index (χ4v) is 3.69. The van der Waals surface area contributed by atoms with Gasteiger partial charge in [-0.2, -0.15) is 0 Å². The quantitative estimate of drug-likeness (QED) is 0.474. The van der Waals surface area contributed by atoms with E-state index in [1.165, 1.54) is 0 Å². The van der Waals surface area contributed by atoms with Crippen LogP contribution < -0.4 is 5.56 Å². The molecule has 4 rings (SSSR count). The molecule has 1 heterocycles. The third-order valence-corrected chi connectivity index (χ3v) is 5.14. The van der Waals surface area contributed by atoms with E-state index in [-0.39, 0.29) is 16.9 Å². The maximum Gasteiger partial charge on any atom is 0.260 e. The largest absolute Gasteiger partial charge is 0.506 e. The third-order valence-electron chi connectivity index (χ3n) is 4.91. The van der Waals surface area contributed by atoms with Crippen molar-refractivity contribution in [2.75, 3.05) is 7.11 Å². The Morgan fingerprint density at radius 2 is 1.72 bits per heavy atom. The van der Waals surface area contributed by atoms with Gasteiger partial charge in [0.2, 0.25) is 0 Å². The van der Waals surface area contributed by atoms with Crippen LogP contribution >= 0.6 is 11.6 Å². The van der Waals surface area contributed by atoms with Crippen LogP contribution in [0.5, 0.6) is 5.75 Å². The van der Waals surface area contributed by atoms with E-state index in [0.29, 0.717) is 28.1 Å². The molecule has 146 valence electrons. The highest BCUT2D eigenvalue weighted by Gasteiger charge is 2.14. The smallest absolute Gasteiger partial charge is 0.260 e. The van der Waals surface area contributed by atoms with Gasteiger partial charge in [0.25, 0.3) is 5.56 Å². The number of H-pyrrole nitrogens is 1. The first-order valence-electron chi connectivity index (χ1n) is 9.26. The van der Waals surface area contributed by atoms with Crippen molar-refractivity contribution in [3.63, 3.8) is 0 Å². The maximum absolute atomic E-state index is 12.7. The van der Waals surface area contributed by atoms with Crippen LogP contribution in [0.1, 0.15) is 16.7 Å². The molecule has 4 nitrogen and oxygen atoms in total. The maximum atomic E-state index is 12.7. The molecular weight excluding hydrogens is 386 g/mol. The lowest BCUT2D eigenvalue weighted by atomic mass is 9.98. The first kappa shape index (κ1) is 19.2. The van der Waals surface area contributed by atoms with Gasteiger partial charge in [-0.3, -0.25) is 4.79 Å². The van der Waals surface area contributed by atoms with Crippen LogP contribution in [0, 0.1) is 0 Å². The van der Waals surface area contributed by atoms with Gasteiger partial charge in [-0.05, 0) is 46.9 Å². The zero-order valence-corrected chi connectivity index (χ0v) is 16.7. The normalized spacial score (nSPS) is 11.1. The molecule has 29 heavy (non-hydrogen) atoms. The van der Waals surface area contributed by atoms with Crippen molar-refractivity contribution in [3.05, 3.63) is 98.8 Å². The molecule has 0 spiro atoms. The summed E-state index contributed by atoms with van der Waals surface area (Å²) in [6, 6.07) is 21.0. The minimum atomic E-state index is -0.349. The predicted molar refractivity (Wildman–Crippen MR) is 117 cm³/mol. The topological polar surface area (TPSA) is 62.3 Å². The molecule has 0 amide bonds. The highest BCUT2D eigenvalue weighted by molar-refractivity contribution is 6.31. The number of benzene rings is 3. The summed E-state index contributed by atoms with van der Waals surface area (Å²) in [7, 11) is 1.68. The fourth-order valence-electron chi connectivity index (χ4n) is 3.51. The van der Waals surface area contributed by atoms with Gasteiger partial charge >= 0.3 is 0 Å². The van der Waals surface area contributed by atoms with Crippen LogP contribution in [0.3, 0.4) is 0 Å². The number of aromatic nitrogens is 1. The second-order valence-electron chi connectivity index (χ2n) is 6.99. The van der Waals surface area contributed by atoms with Gasteiger partial charge in [0, 0.05) is 17.5 Å². The number of fused-ring (bicyclic) bond motifs is 1. The van der Waals surface area contributed by atoms with Gasteiger partial charge in [-0.1, -0.05) is 60.1 Å². The molecule has 0 unspecified atom stereocenters. The highest BCUT2D eigenvalue weighted by atomic mass is 35.5. The standard InChI is InChI=1S/C24H20ClNO3/c1-29-14-16-7-5-15(6-8-16)11-17-3-2-4-18(12-17)22-23(27)20-10-9-19(25)13-21(20)26-24(22)28/h2-10,12-13H,11,14H2,1H3,(H2,26,27,28).